The number of hydroxylamine groups is 2. The number of aryl methyl sites for hydroxylation is 1. The van der Waals surface area contributed by atoms with Crippen LogP contribution in [0.25, 0.3) is 10.2 Å². The van der Waals surface area contributed by atoms with Crippen LogP contribution < -0.4 is 15.1 Å². The molecule has 1 aliphatic heterocycles. The predicted octanol–water partition coefficient (Wildman–Crippen LogP) is 3.94. The van der Waals surface area contributed by atoms with E-state index in [1.807, 2.05) is 6.07 Å². The number of halogens is 3. The van der Waals surface area contributed by atoms with E-state index in [4.69, 9.17) is 9.57 Å². The minimum absolute atomic E-state index is 0.0146. The van der Waals surface area contributed by atoms with Crippen LogP contribution in [0.3, 0.4) is 0 Å². The lowest BCUT2D eigenvalue weighted by Gasteiger charge is -2.29. The average Bonchev–Trinajstić information content (AvgIpc) is 3.48. The third-order valence-corrected chi connectivity index (χ3v) is 6.83. The first-order valence-corrected chi connectivity index (χ1v) is 13.6. The van der Waals surface area contributed by atoms with E-state index in [9.17, 15) is 22.8 Å². The molecule has 0 unspecified atom stereocenters. The number of anilines is 1. The Kier molecular flexibility index (Phi) is 8.37. The molecule has 2 amide bonds. The van der Waals surface area contributed by atoms with Gasteiger partial charge in [0.2, 0.25) is 5.82 Å². The Morgan fingerprint density at radius 3 is 2.55 bits per heavy atom. The number of alkyl carbamates (subject to hydrolysis) is 1. The number of likely N-dealkylation sites (N-methyl/N-ethyl adjacent to an activating group) is 1. The second-order valence-corrected chi connectivity index (χ2v) is 11.2. The molecule has 1 aliphatic rings. The number of thiophene rings is 1. The van der Waals surface area contributed by atoms with Gasteiger partial charge < -0.3 is 24.4 Å². The van der Waals surface area contributed by atoms with Crippen molar-refractivity contribution >= 4 is 39.4 Å². The van der Waals surface area contributed by atoms with Crippen molar-refractivity contribution in [3.63, 3.8) is 0 Å². The van der Waals surface area contributed by atoms with Gasteiger partial charge in [-0.25, -0.2) is 4.79 Å². The van der Waals surface area contributed by atoms with Gasteiger partial charge in [0.1, 0.15) is 22.8 Å². The first kappa shape index (κ1) is 29.3. The minimum Gasteiger partial charge on any atom is -0.444 e. The number of nitrogens with zero attached hydrogens (tertiary/aromatic N) is 7. The molecule has 0 saturated carbocycles. The van der Waals surface area contributed by atoms with Gasteiger partial charge >= 0.3 is 18.3 Å². The lowest BCUT2D eigenvalue weighted by Crippen LogP contribution is -2.43. The molecule has 3 aromatic rings. The van der Waals surface area contributed by atoms with E-state index >= 15 is 0 Å². The highest BCUT2D eigenvalue weighted by molar-refractivity contribution is 7.18. The summed E-state index contributed by atoms with van der Waals surface area (Å²) in [5.41, 5.74) is -0.721. The highest BCUT2D eigenvalue weighted by Gasteiger charge is 2.40. The van der Waals surface area contributed by atoms with Crippen LogP contribution in [0.4, 0.5) is 23.8 Å². The molecule has 0 saturated heterocycles. The average molecular weight is 585 g/mol. The standard InChI is InChI=1S/C24H31F3N8O4S/c1-6-8-14-11-15-18(33-9-10-34-16(13-33)31-32-20(34)24(25,26)27)29-21(30-19(15)40-14)39-35(7-2)17(36)12-28-22(37)38-23(3,4)5/h11H,6-10,12-13H2,1-5H3,(H,28,37). The number of fused-ring (bicyclic) bond motifs is 2. The fourth-order valence-electron chi connectivity index (χ4n) is 4.08. The number of carbonyl (C=O) groups excluding carboxylic acids is 2. The van der Waals surface area contributed by atoms with Crippen molar-refractivity contribution in [2.24, 2.45) is 0 Å². The van der Waals surface area contributed by atoms with Crippen LogP contribution in [-0.2, 0) is 35.2 Å². The van der Waals surface area contributed by atoms with Crippen LogP contribution in [-0.4, -0.2) is 67.0 Å². The van der Waals surface area contributed by atoms with Crippen LogP contribution in [0.1, 0.15) is 57.6 Å². The zero-order valence-electron chi connectivity index (χ0n) is 22.8. The number of ether oxygens (including phenoxy) is 1. The molecule has 0 radical (unpaired) electrons. The number of carbonyl (C=O) groups is 2. The highest BCUT2D eigenvalue weighted by atomic mass is 32.1. The SMILES string of the molecule is CCCc1cc2c(N3CCn4c(nnc4C(F)(F)F)C3)nc(ON(CC)C(=O)CNC(=O)OC(C)(C)C)nc2s1. The molecule has 3 aromatic heterocycles. The van der Waals surface area contributed by atoms with Gasteiger partial charge in [0.15, 0.2) is 5.82 Å². The second-order valence-electron chi connectivity index (χ2n) is 10.1. The third kappa shape index (κ3) is 6.71. The van der Waals surface area contributed by atoms with Gasteiger partial charge in [-0.3, -0.25) is 4.79 Å². The Morgan fingerprint density at radius 1 is 1.15 bits per heavy atom. The molecular weight excluding hydrogens is 553 g/mol. The summed E-state index contributed by atoms with van der Waals surface area (Å²) in [4.78, 5) is 43.0. The number of aromatic nitrogens is 5. The molecule has 0 fully saturated rings. The Bertz CT molecular complexity index is 1380. The van der Waals surface area contributed by atoms with Crippen molar-refractivity contribution in [3.8, 4) is 6.01 Å². The Labute approximate surface area is 232 Å². The zero-order chi connectivity index (χ0) is 29.2. The van der Waals surface area contributed by atoms with E-state index in [-0.39, 0.29) is 44.6 Å². The van der Waals surface area contributed by atoms with Crippen LogP contribution in [0.2, 0.25) is 0 Å². The van der Waals surface area contributed by atoms with Crippen molar-refractivity contribution in [2.75, 3.05) is 24.5 Å². The lowest BCUT2D eigenvalue weighted by atomic mass is 10.2. The molecule has 0 spiro atoms. The van der Waals surface area contributed by atoms with E-state index < -0.39 is 29.6 Å². The van der Waals surface area contributed by atoms with E-state index in [0.717, 1.165) is 32.7 Å². The van der Waals surface area contributed by atoms with Gasteiger partial charge in [-0.15, -0.1) is 21.5 Å². The first-order valence-electron chi connectivity index (χ1n) is 12.8. The molecule has 218 valence electrons. The van der Waals surface area contributed by atoms with E-state index in [1.54, 1.807) is 32.6 Å². The molecule has 16 heteroatoms. The summed E-state index contributed by atoms with van der Waals surface area (Å²) >= 11 is 1.45. The number of rotatable bonds is 8. The van der Waals surface area contributed by atoms with Gasteiger partial charge in [-0.2, -0.15) is 28.2 Å². The highest BCUT2D eigenvalue weighted by Crippen LogP contribution is 2.36. The van der Waals surface area contributed by atoms with Crippen LogP contribution in [0.15, 0.2) is 6.07 Å². The fraction of sp³-hybridized carbons (Fsp3) is 0.583. The van der Waals surface area contributed by atoms with Gasteiger partial charge in [0, 0.05) is 18.0 Å². The largest absolute Gasteiger partial charge is 0.451 e. The van der Waals surface area contributed by atoms with Gasteiger partial charge in [-0.05, 0) is 40.2 Å². The normalized spacial score (nSPS) is 13.8. The summed E-state index contributed by atoms with van der Waals surface area (Å²) in [5, 5.41) is 11.3. The molecule has 4 rings (SSSR count). The van der Waals surface area contributed by atoms with Gasteiger partial charge in [0.25, 0.3) is 5.91 Å². The van der Waals surface area contributed by atoms with E-state index in [1.165, 1.54) is 11.3 Å². The van der Waals surface area contributed by atoms with Gasteiger partial charge in [-0.1, -0.05) is 13.3 Å². The van der Waals surface area contributed by atoms with Crippen LogP contribution in [0, 0.1) is 0 Å². The quantitative estimate of drug-likeness (QED) is 0.392. The summed E-state index contributed by atoms with van der Waals surface area (Å²) in [6, 6.07) is 1.86. The maximum Gasteiger partial charge on any atom is 0.451 e. The number of nitrogens with one attached hydrogen (secondary N) is 1. The summed E-state index contributed by atoms with van der Waals surface area (Å²) in [6.07, 6.45) is -3.62. The van der Waals surface area contributed by atoms with Crippen molar-refractivity contribution < 1.29 is 32.3 Å². The molecule has 4 heterocycles. The molecule has 0 bridgehead atoms. The Morgan fingerprint density at radius 2 is 1.90 bits per heavy atom. The molecule has 0 aliphatic carbocycles. The fourth-order valence-corrected chi connectivity index (χ4v) is 5.19. The van der Waals surface area contributed by atoms with E-state index in [2.05, 4.69) is 32.4 Å². The molecule has 12 nitrogen and oxygen atoms in total. The first-order chi connectivity index (χ1) is 18.8. The van der Waals surface area contributed by atoms with E-state index in [0.29, 0.717) is 10.6 Å². The van der Waals surface area contributed by atoms with Crippen LogP contribution >= 0.6 is 11.3 Å². The summed E-state index contributed by atoms with van der Waals surface area (Å²) < 4.78 is 46.2. The summed E-state index contributed by atoms with van der Waals surface area (Å²) in [6.45, 7) is 8.89. The third-order valence-electron chi connectivity index (χ3n) is 5.75. The topological polar surface area (TPSA) is 128 Å². The smallest absolute Gasteiger partial charge is 0.444 e. The number of alkyl halides is 3. The zero-order valence-corrected chi connectivity index (χ0v) is 23.6. The Hall–Kier alpha value is -3.69. The van der Waals surface area contributed by atoms with Crippen molar-refractivity contribution in [2.45, 2.75) is 72.3 Å². The second kappa shape index (κ2) is 11.4. The maximum atomic E-state index is 13.3. The molecule has 0 atom stereocenters. The monoisotopic (exact) mass is 584 g/mol. The number of hydrogen-bond donors (Lipinski definition) is 1. The Balaban J connectivity index is 1.59. The van der Waals surface area contributed by atoms with Crippen molar-refractivity contribution in [1.29, 1.82) is 0 Å². The molecular formula is C24H31F3N8O4S. The summed E-state index contributed by atoms with van der Waals surface area (Å²) in [5.74, 6) is -0.966. The molecule has 0 aromatic carbocycles. The number of amides is 2. The number of hydrogen-bond acceptors (Lipinski definition) is 10. The van der Waals surface area contributed by atoms with Crippen molar-refractivity contribution in [1.82, 2.24) is 35.1 Å². The molecule has 40 heavy (non-hydrogen) atoms. The minimum atomic E-state index is -4.60. The van der Waals surface area contributed by atoms with Crippen LogP contribution in [0.5, 0.6) is 6.01 Å². The van der Waals surface area contributed by atoms with Crippen molar-refractivity contribution in [3.05, 3.63) is 22.6 Å². The molecule has 1 N–H and O–H groups in total. The van der Waals surface area contributed by atoms with Gasteiger partial charge in [0.05, 0.1) is 18.5 Å². The maximum absolute atomic E-state index is 13.3. The lowest BCUT2D eigenvalue weighted by molar-refractivity contribution is -0.156. The predicted molar refractivity (Wildman–Crippen MR) is 140 cm³/mol. The summed E-state index contributed by atoms with van der Waals surface area (Å²) in [7, 11) is 0.